The Morgan fingerprint density at radius 3 is 2.19 bits per heavy atom. The molecule has 0 aliphatic heterocycles. The molecule has 1 unspecified atom stereocenters. The average molecular weight is 382 g/mol. The highest BCUT2D eigenvalue weighted by molar-refractivity contribution is 9.09. The highest BCUT2D eigenvalue weighted by atomic mass is 79.9. The van der Waals surface area contributed by atoms with Crippen LogP contribution >= 0.6 is 27.5 Å². The fourth-order valence-electron chi connectivity index (χ4n) is 1.90. The third-order valence-corrected chi connectivity index (χ3v) is 4.05. The number of benzene rings is 2. The van der Waals surface area contributed by atoms with Crippen LogP contribution in [-0.2, 0) is 12.6 Å². The molecular formula is C15H10BrClF4. The van der Waals surface area contributed by atoms with E-state index in [9.17, 15) is 17.6 Å². The molecule has 0 N–H and O–H groups in total. The van der Waals surface area contributed by atoms with Gasteiger partial charge in [0.15, 0.2) is 0 Å². The molecule has 0 aliphatic carbocycles. The molecule has 21 heavy (non-hydrogen) atoms. The van der Waals surface area contributed by atoms with Gasteiger partial charge in [-0.05, 0) is 36.2 Å². The van der Waals surface area contributed by atoms with E-state index in [4.69, 9.17) is 11.6 Å². The van der Waals surface area contributed by atoms with Crippen LogP contribution in [0.25, 0.3) is 0 Å². The molecule has 112 valence electrons. The van der Waals surface area contributed by atoms with Gasteiger partial charge in [-0.1, -0.05) is 45.7 Å². The molecule has 0 amide bonds. The Bertz CT molecular complexity index is 623. The summed E-state index contributed by atoms with van der Waals surface area (Å²) in [7, 11) is 0. The van der Waals surface area contributed by atoms with E-state index in [1.165, 1.54) is 18.2 Å². The van der Waals surface area contributed by atoms with Gasteiger partial charge in [0, 0.05) is 15.4 Å². The van der Waals surface area contributed by atoms with E-state index in [-0.39, 0.29) is 4.83 Å². The summed E-state index contributed by atoms with van der Waals surface area (Å²) < 4.78 is 51.2. The van der Waals surface area contributed by atoms with Crippen molar-refractivity contribution >= 4 is 27.5 Å². The van der Waals surface area contributed by atoms with Crippen molar-refractivity contribution in [2.45, 2.75) is 17.4 Å². The standard InChI is InChI=1S/C15H10BrClF4/c16-13(12-6-5-11(17)8-14(12)18)7-9-1-3-10(4-2-9)15(19,20)21/h1-6,8,13H,7H2. The maximum atomic E-state index is 13.8. The molecule has 0 spiro atoms. The number of halogens is 6. The van der Waals surface area contributed by atoms with Gasteiger partial charge in [0.05, 0.1) is 5.56 Å². The maximum Gasteiger partial charge on any atom is 0.416 e. The minimum absolute atomic E-state index is 0.297. The molecule has 2 rings (SSSR count). The third kappa shape index (κ3) is 4.20. The lowest BCUT2D eigenvalue weighted by atomic mass is 10.0. The van der Waals surface area contributed by atoms with Gasteiger partial charge in [0.1, 0.15) is 5.82 Å². The van der Waals surface area contributed by atoms with Crippen LogP contribution in [0.1, 0.15) is 21.5 Å². The molecule has 0 heterocycles. The van der Waals surface area contributed by atoms with Crippen LogP contribution in [0.2, 0.25) is 5.02 Å². The predicted molar refractivity (Wildman–Crippen MR) is 78.2 cm³/mol. The van der Waals surface area contributed by atoms with Crippen molar-refractivity contribution in [3.63, 3.8) is 0 Å². The smallest absolute Gasteiger partial charge is 0.207 e. The second-order valence-corrected chi connectivity index (χ2v) is 6.07. The minimum atomic E-state index is -4.35. The Balaban J connectivity index is 2.14. The summed E-state index contributed by atoms with van der Waals surface area (Å²) in [6.45, 7) is 0. The van der Waals surface area contributed by atoms with Crippen molar-refractivity contribution in [1.82, 2.24) is 0 Å². The molecule has 2 aromatic carbocycles. The Morgan fingerprint density at radius 1 is 1.05 bits per heavy atom. The Kier molecular flexibility index (Phi) is 4.94. The van der Waals surface area contributed by atoms with Gasteiger partial charge in [0.2, 0.25) is 0 Å². The SMILES string of the molecule is Fc1cc(Cl)ccc1C(Br)Cc1ccc(C(F)(F)F)cc1. The molecule has 0 aromatic heterocycles. The highest BCUT2D eigenvalue weighted by Gasteiger charge is 2.30. The van der Waals surface area contributed by atoms with Crippen LogP contribution in [-0.4, -0.2) is 0 Å². The summed E-state index contributed by atoms with van der Waals surface area (Å²) in [5, 5.41) is 0.297. The predicted octanol–water partition coefficient (Wildman–Crippen LogP) is 6.18. The van der Waals surface area contributed by atoms with Gasteiger partial charge < -0.3 is 0 Å². The monoisotopic (exact) mass is 380 g/mol. The number of alkyl halides is 4. The molecule has 0 fully saturated rings. The van der Waals surface area contributed by atoms with Crippen molar-refractivity contribution in [3.8, 4) is 0 Å². The Morgan fingerprint density at radius 2 is 1.67 bits per heavy atom. The quantitative estimate of drug-likeness (QED) is 0.440. The third-order valence-electron chi connectivity index (χ3n) is 3.00. The van der Waals surface area contributed by atoms with Crippen molar-refractivity contribution in [3.05, 3.63) is 70.0 Å². The van der Waals surface area contributed by atoms with E-state index in [2.05, 4.69) is 15.9 Å². The minimum Gasteiger partial charge on any atom is -0.207 e. The zero-order valence-electron chi connectivity index (χ0n) is 10.6. The van der Waals surface area contributed by atoms with Crippen LogP contribution in [0.3, 0.4) is 0 Å². The molecule has 0 nitrogen and oxygen atoms in total. The van der Waals surface area contributed by atoms with E-state index >= 15 is 0 Å². The van der Waals surface area contributed by atoms with E-state index in [1.807, 2.05) is 0 Å². The Labute approximate surface area is 132 Å². The fourth-order valence-corrected chi connectivity index (χ4v) is 2.81. The lowest BCUT2D eigenvalue weighted by Gasteiger charge is -2.13. The van der Waals surface area contributed by atoms with Gasteiger partial charge in [0.25, 0.3) is 0 Å². The summed E-state index contributed by atoms with van der Waals surface area (Å²) in [5.41, 5.74) is 0.397. The van der Waals surface area contributed by atoms with E-state index in [1.54, 1.807) is 12.1 Å². The molecule has 0 bridgehead atoms. The van der Waals surface area contributed by atoms with E-state index in [0.29, 0.717) is 22.6 Å². The largest absolute Gasteiger partial charge is 0.416 e. The van der Waals surface area contributed by atoms with Gasteiger partial charge in [-0.2, -0.15) is 13.2 Å². The molecule has 1 atom stereocenters. The molecule has 0 radical (unpaired) electrons. The number of rotatable bonds is 3. The van der Waals surface area contributed by atoms with Crippen LogP contribution in [0, 0.1) is 5.82 Å². The van der Waals surface area contributed by atoms with Crippen molar-refractivity contribution in [2.24, 2.45) is 0 Å². The van der Waals surface area contributed by atoms with Crippen LogP contribution < -0.4 is 0 Å². The number of hydrogen-bond acceptors (Lipinski definition) is 0. The average Bonchev–Trinajstić information content (AvgIpc) is 2.38. The summed E-state index contributed by atoms with van der Waals surface area (Å²) >= 11 is 9.03. The fraction of sp³-hybridized carbons (Fsp3) is 0.200. The van der Waals surface area contributed by atoms with Gasteiger partial charge in [-0.15, -0.1) is 0 Å². The number of hydrogen-bond donors (Lipinski definition) is 0. The van der Waals surface area contributed by atoms with Crippen molar-refractivity contribution in [2.75, 3.05) is 0 Å². The first-order valence-electron chi connectivity index (χ1n) is 6.02. The van der Waals surface area contributed by atoms with Crippen molar-refractivity contribution in [1.29, 1.82) is 0 Å². The summed E-state index contributed by atoms with van der Waals surface area (Å²) in [5.74, 6) is -0.448. The topological polar surface area (TPSA) is 0 Å². The second-order valence-electron chi connectivity index (χ2n) is 4.53. The van der Waals surface area contributed by atoms with Crippen LogP contribution in [0.15, 0.2) is 42.5 Å². The van der Waals surface area contributed by atoms with Gasteiger partial charge in [-0.25, -0.2) is 4.39 Å². The summed E-state index contributed by atoms with van der Waals surface area (Å²) in [6.07, 6.45) is -3.98. The molecule has 2 aromatic rings. The second kappa shape index (κ2) is 6.36. The summed E-state index contributed by atoms with van der Waals surface area (Å²) in [6, 6.07) is 9.16. The highest BCUT2D eigenvalue weighted by Crippen LogP contribution is 2.32. The molecule has 0 aliphatic rings. The molecule has 6 heteroatoms. The zero-order valence-corrected chi connectivity index (χ0v) is 12.9. The van der Waals surface area contributed by atoms with Crippen LogP contribution in [0.5, 0.6) is 0 Å². The summed E-state index contributed by atoms with van der Waals surface area (Å²) in [4.78, 5) is -0.341. The van der Waals surface area contributed by atoms with Crippen molar-refractivity contribution < 1.29 is 17.6 Å². The van der Waals surface area contributed by atoms with E-state index < -0.39 is 17.6 Å². The molecule has 0 saturated heterocycles. The molecule has 0 saturated carbocycles. The molecular weight excluding hydrogens is 372 g/mol. The van der Waals surface area contributed by atoms with Crippen LogP contribution in [0.4, 0.5) is 17.6 Å². The maximum absolute atomic E-state index is 13.8. The first-order valence-corrected chi connectivity index (χ1v) is 7.32. The lowest BCUT2D eigenvalue weighted by molar-refractivity contribution is -0.137. The zero-order chi connectivity index (χ0) is 15.6. The Hall–Kier alpha value is -1.07. The normalized spacial score (nSPS) is 13.2. The van der Waals surface area contributed by atoms with Gasteiger partial charge >= 0.3 is 6.18 Å². The van der Waals surface area contributed by atoms with Gasteiger partial charge in [-0.3, -0.25) is 0 Å². The first kappa shape index (κ1) is 16.3. The lowest BCUT2D eigenvalue weighted by Crippen LogP contribution is -2.05. The van der Waals surface area contributed by atoms with E-state index in [0.717, 1.165) is 12.1 Å². The first-order chi connectivity index (χ1) is 9.77.